The van der Waals surface area contributed by atoms with Gasteiger partial charge in [-0.05, 0) is 13.3 Å². The average Bonchev–Trinajstić information content (AvgIpc) is 2.76. The molecule has 0 aliphatic rings. The van der Waals surface area contributed by atoms with Crippen molar-refractivity contribution in [1.29, 1.82) is 0 Å². The summed E-state index contributed by atoms with van der Waals surface area (Å²) in [7, 11) is 2.05. The van der Waals surface area contributed by atoms with Gasteiger partial charge in [-0.2, -0.15) is 0 Å². The van der Waals surface area contributed by atoms with Crippen molar-refractivity contribution in [1.82, 2.24) is 14.4 Å². The standard InChI is InChI=1S/C12H19N5/c1-4-7-16(3)12-11-14-6-8-17(11)9-10(15-12)13-5-2/h6,8-9,13H,4-5,7H2,1-3H3. The highest BCUT2D eigenvalue weighted by atomic mass is 15.2. The summed E-state index contributed by atoms with van der Waals surface area (Å²) < 4.78 is 2.01. The molecule has 5 heteroatoms. The number of hydrogen-bond acceptors (Lipinski definition) is 4. The van der Waals surface area contributed by atoms with Crippen LogP contribution >= 0.6 is 0 Å². The van der Waals surface area contributed by atoms with Crippen LogP contribution in [0.2, 0.25) is 0 Å². The third kappa shape index (κ3) is 2.33. The lowest BCUT2D eigenvalue weighted by Crippen LogP contribution is -2.20. The Morgan fingerprint density at radius 2 is 2.24 bits per heavy atom. The largest absolute Gasteiger partial charge is 0.369 e. The first kappa shape index (κ1) is 11.7. The van der Waals surface area contributed by atoms with Crippen LogP contribution in [-0.4, -0.2) is 34.5 Å². The number of fused-ring (bicyclic) bond motifs is 1. The Morgan fingerprint density at radius 1 is 1.41 bits per heavy atom. The molecule has 0 unspecified atom stereocenters. The molecule has 2 aromatic heterocycles. The molecule has 1 N–H and O–H groups in total. The Labute approximate surface area is 101 Å². The van der Waals surface area contributed by atoms with Crippen molar-refractivity contribution in [3.8, 4) is 0 Å². The molecule has 0 atom stereocenters. The molecule has 0 radical (unpaired) electrons. The number of rotatable bonds is 5. The van der Waals surface area contributed by atoms with Crippen molar-refractivity contribution in [3.05, 3.63) is 18.6 Å². The summed E-state index contributed by atoms with van der Waals surface area (Å²) in [6, 6.07) is 0. The maximum absolute atomic E-state index is 4.61. The zero-order valence-corrected chi connectivity index (χ0v) is 10.6. The topological polar surface area (TPSA) is 45.5 Å². The summed E-state index contributed by atoms with van der Waals surface area (Å²) >= 11 is 0. The van der Waals surface area contributed by atoms with E-state index in [1.54, 1.807) is 6.20 Å². The Hall–Kier alpha value is -1.78. The molecule has 0 saturated heterocycles. The fourth-order valence-corrected chi connectivity index (χ4v) is 1.88. The van der Waals surface area contributed by atoms with E-state index in [1.807, 2.05) is 16.8 Å². The van der Waals surface area contributed by atoms with E-state index >= 15 is 0 Å². The van der Waals surface area contributed by atoms with Gasteiger partial charge in [0, 0.05) is 32.5 Å². The number of hydrogen-bond donors (Lipinski definition) is 1. The minimum Gasteiger partial charge on any atom is -0.369 e. The molecule has 0 aliphatic heterocycles. The van der Waals surface area contributed by atoms with Gasteiger partial charge < -0.3 is 14.6 Å². The summed E-state index contributed by atoms with van der Waals surface area (Å²) in [5.74, 6) is 1.81. The third-order valence-corrected chi connectivity index (χ3v) is 2.63. The summed E-state index contributed by atoms with van der Waals surface area (Å²) in [4.78, 5) is 11.1. The second-order valence-corrected chi connectivity index (χ2v) is 4.06. The molecular weight excluding hydrogens is 214 g/mol. The maximum Gasteiger partial charge on any atom is 0.180 e. The van der Waals surface area contributed by atoms with Crippen LogP contribution < -0.4 is 10.2 Å². The molecule has 0 aliphatic carbocycles. The van der Waals surface area contributed by atoms with Crippen LogP contribution in [0, 0.1) is 0 Å². The lowest BCUT2D eigenvalue weighted by atomic mass is 10.4. The highest BCUT2D eigenvalue weighted by Gasteiger charge is 2.10. The van der Waals surface area contributed by atoms with Gasteiger partial charge in [-0.15, -0.1) is 0 Å². The Kier molecular flexibility index (Phi) is 3.46. The van der Waals surface area contributed by atoms with E-state index < -0.39 is 0 Å². The van der Waals surface area contributed by atoms with E-state index in [-0.39, 0.29) is 0 Å². The molecule has 92 valence electrons. The zero-order chi connectivity index (χ0) is 12.3. The molecule has 2 aromatic rings. The summed E-state index contributed by atoms with van der Waals surface area (Å²) in [6.07, 6.45) is 6.81. The minimum atomic E-state index is 0.865. The van der Waals surface area contributed by atoms with Crippen LogP contribution in [0.5, 0.6) is 0 Å². The van der Waals surface area contributed by atoms with Crippen molar-refractivity contribution in [2.45, 2.75) is 20.3 Å². The summed E-state index contributed by atoms with van der Waals surface area (Å²) in [5.41, 5.74) is 0.905. The number of nitrogens with one attached hydrogen (secondary N) is 1. The number of imidazole rings is 1. The lowest BCUT2D eigenvalue weighted by molar-refractivity contribution is 0.835. The highest BCUT2D eigenvalue weighted by molar-refractivity contribution is 5.66. The van der Waals surface area contributed by atoms with Gasteiger partial charge in [0.15, 0.2) is 11.5 Å². The van der Waals surface area contributed by atoms with E-state index in [0.29, 0.717) is 0 Å². The van der Waals surface area contributed by atoms with Crippen LogP contribution in [0.25, 0.3) is 5.65 Å². The van der Waals surface area contributed by atoms with E-state index in [2.05, 4.69) is 41.1 Å². The Morgan fingerprint density at radius 3 is 2.94 bits per heavy atom. The van der Waals surface area contributed by atoms with Gasteiger partial charge in [0.1, 0.15) is 5.82 Å². The van der Waals surface area contributed by atoms with Crippen LogP contribution in [0.15, 0.2) is 18.6 Å². The van der Waals surface area contributed by atoms with Crippen LogP contribution in [0.1, 0.15) is 20.3 Å². The van der Waals surface area contributed by atoms with Crippen molar-refractivity contribution in [2.24, 2.45) is 0 Å². The van der Waals surface area contributed by atoms with Gasteiger partial charge in [0.25, 0.3) is 0 Å². The predicted molar refractivity (Wildman–Crippen MR) is 70.7 cm³/mol. The fourth-order valence-electron chi connectivity index (χ4n) is 1.88. The van der Waals surface area contributed by atoms with Gasteiger partial charge in [0.2, 0.25) is 0 Å². The maximum atomic E-state index is 4.61. The highest BCUT2D eigenvalue weighted by Crippen LogP contribution is 2.19. The normalized spacial score (nSPS) is 10.8. The lowest BCUT2D eigenvalue weighted by Gasteiger charge is -2.18. The molecule has 17 heavy (non-hydrogen) atoms. The molecule has 0 bridgehead atoms. The molecule has 5 nitrogen and oxygen atoms in total. The van der Waals surface area contributed by atoms with Crippen molar-refractivity contribution >= 4 is 17.3 Å². The molecule has 2 heterocycles. The smallest absolute Gasteiger partial charge is 0.180 e. The molecule has 2 rings (SSSR count). The zero-order valence-electron chi connectivity index (χ0n) is 10.6. The first-order chi connectivity index (χ1) is 8.26. The SMILES string of the molecule is CCCN(C)c1nc(NCC)cn2ccnc12. The molecular formula is C12H19N5. The summed E-state index contributed by atoms with van der Waals surface area (Å²) in [6.45, 7) is 6.07. The van der Waals surface area contributed by atoms with Crippen molar-refractivity contribution < 1.29 is 0 Å². The van der Waals surface area contributed by atoms with E-state index in [9.17, 15) is 0 Å². The molecule has 0 amide bonds. The van der Waals surface area contributed by atoms with Gasteiger partial charge in [0.05, 0.1) is 6.20 Å². The fraction of sp³-hybridized carbons (Fsp3) is 0.500. The Balaban J connectivity index is 2.46. The number of nitrogens with zero attached hydrogens (tertiary/aromatic N) is 4. The second-order valence-electron chi connectivity index (χ2n) is 4.06. The van der Waals surface area contributed by atoms with Gasteiger partial charge >= 0.3 is 0 Å². The Bertz CT molecular complexity index is 491. The molecule has 0 spiro atoms. The monoisotopic (exact) mass is 233 g/mol. The quantitative estimate of drug-likeness (QED) is 0.858. The number of aromatic nitrogens is 3. The van der Waals surface area contributed by atoms with Crippen LogP contribution in [-0.2, 0) is 0 Å². The molecule has 0 saturated carbocycles. The van der Waals surface area contributed by atoms with E-state index in [1.165, 1.54) is 0 Å². The van der Waals surface area contributed by atoms with Crippen LogP contribution in [0.4, 0.5) is 11.6 Å². The second kappa shape index (κ2) is 5.03. The average molecular weight is 233 g/mol. The van der Waals surface area contributed by atoms with Gasteiger partial charge in [-0.3, -0.25) is 0 Å². The summed E-state index contributed by atoms with van der Waals surface area (Å²) in [5, 5.41) is 3.24. The first-order valence-electron chi connectivity index (χ1n) is 6.05. The third-order valence-electron chi connectivity index (χ3n) is 2.63. The van der Waals surface area contributed by atoms with Crippen molar-refractivity contribution in [3.63, 3.8) is 0 Å². The first-order valence-corrected chi connectivity index (χ1v) is 6.05. The molecule has 0 aromatic carbocycles. The van der Waals surface area contributed by atoms with E-state index in [4.69, 9.17) is 0 Å². The van der Waals surface area contributed by atoms with E-state index in [0.717, 1.165) is 36.8 Å². The van der Waals surface area contributed by atoms with Gasteiger partial charge in [-0.1, -0.05) is 6.92 Å². The predicted octanol–water partition coefficient (Wildman–Crippen LogP) is 2.01. The van der Waals surface area contributed by atoms with Gasteiger partial charge in [-0.25, -0.2) is 9.97 Å². The minimum absolute atomic E-state index is 0.865. The van der Waals surface area contributed by atoms with Crippen LogP contribution in [0.3, 0.4) is 0 Å². The van der Waals surface area contributed by atoms with Crippen molar-refractivity contribution in [2.75, 3.05) is 30.4 Å². The molecule has 0 fully saturated rings. The number of anilines is 2.